The van der Waals surface area contributed by atoms with E-state index < -0.39 is 58.5 Å². The minimum Gasteiger partial charge on any atom is -0.857 e. The molecule has 14 nitrogen and oxygen atoms in total. The third-order valence-corrected chi connectivity index (χ3v) is 7.10. The van der Waals surface area contributed by atoms with Gasteiger partial charge < -0.3 is 44.2 Å². The fourth-order valence-corrected chi connectivity index (χ4v) is 5.02. The molecule has 1 aliphatic heterocycles. The van der Waals surface area contributed by atoms with Crippen LogP contribution in [0.5, 0.6) is 5.88 Å². The van der Waals surface area contributed by atoms with Gasteiger partial charge in [-0.25, -0.2) is 9.97 Å². The molecule has 2 aromatic rings. The molecule has 3 N–H and O–H groups in total. The molecule has 1 aliphatic rings. The van der Waals surface area contributed by atoms with Crippen molar-refractivity contribution < 1.29 is 48.7 Å². The fourth-order valence-electron chi connectivity index (χ4n) is 2.56. The van der Waals surface area contributed by atoms with Crippen molar-refractivity contribution in [2.45, 2.75) is 24.5 Å². The fraction of sp³-hybridized carbons (Fsp3) is 0.545. The minimum atomic E-state index is -5.31. The van der Waals surface area contributed by atoms with Crippen molar-refractivity contribution in [1.29, 1.82) is 0 Å². The number of aliphatic hydroxyl groups is 2. The highest BCUT2D eigenvalue weighted by Gasteiger charge is 2.45. The Hall–Kier alpha value is -1.31. The maximum atomic E-state index is 11.6. The molecule has 1 unspecified atom stereocenters. The summed E-state index contributed by atoms with van der Waals surface area (Å²) in [4.78, 5) is 52.3. The lowest BCUT2D eigenvalue weighted by molar-refractivity contribution is -0.426. The average molecular weight is 423 g/mol. The third kappa shape index (κ3) is 4.41. The molecule has 0 bridgehead atoms. The molecule has 0 saturated carbocycles. The van der Waals surface area contributed by atoms with Gasteiger partial charge in [0.1, 0.15) is 36.1 Å². The van der Waals surface area contributed by atoms with Crippen LogP contribution < -0.4 is 19.8 Å². The minimum absolute atomic E-state index is 0.0271. The van der Waals surface area contributed by atoms with Crippen LogP contribution >= 0.6 is 15.5 Å². The van der Waals surface area contributed by atoms with E-state index >= 15 is 0 Å². The first-order chi connectivity index (χ1) is 12.5. The Labute approximate surface area is 151 Å². The number of hydrogen-bond acceptors (Lipinski definition) is 12. The van der Waals surface area contributed by atoms with Gasteiger partial charge in [0.25, 0.3) is 0 Å². The van der Waals surface area contributed by atoms with E-state index in [2.05, 4.69) is 19.5 Å². The van der Waals surface area contributed by atoms with Crippen LogP contribution in [-0.4, -0.2) is 65.4 Å². The molecule has 3 heterocycles. The lowest BCUT2D eigenvalue weighted by atomic mass is 10.1. The molecule has 1 saturated heterocycles. The van der Waals surface area contributed by atoms with E-state index in [4.69, 9.17) is 4.74 Å². The molecule has 2 aromatic heterocycles. The SMILES string of the molecule is O=P(O)(C[P+]([O-])([O-])[O-])OC[C@H]1O[C@@H](n2cnc3c([O-])ncnc32)[C@H](O)[C@@H]1O. The average Bonchev–Trinajstić information content (AvgIpc) is 3.07. The molecule has 27 heavy (non-hydrogen) atoms. The summed E-state index contributed by atoms with van der Waals surface area (Å²) in [6.07, 6.45) is -3.64. The first kappa shape index (κ1) is 20.4. The standard InChI is InChI=1S/C11H16N4O10P2/c16-7-5(1-24-27(22,23)4-26(19,20)21)25-11(8(7)17)15-3-14-6-9(15)12-2-13-10(6)18/h2-3,5,7-8,11,16-17H,1,4H2,(H,22,23)(H,12,13,18)(H2,19,20,21)/p-3/t5-,7-,8-,11-/m1/s1. The number of ether oxygens (including phenoxy) is 1. The number of imidazole rings is 1. The van der Waals surface area contributed by atoms with Crippen molar-refractivity contribution in [3.8, 4) is 5.88 Å². The molecule has 0 aliphatic carbocycles. The molecule has 0 spiro atoms. The molecule has 0 aromatic carbocycles. The molecule has 0 radical (unpaired) electrons. The number of rotatable bonds is 6. The highest BCUT2D eigenvalue weighted by Crippen LogP contribution is 2.53. The van der Waals surface area contributed by atoms with Crippen molar-refractivity contribution in [2.75, 3.05) is 12.5 Å². The van der Waals surface area contributed by atoms with E-state index in [1.807, 2.05) is 0 Å². The van der Waals surface area contributed by atoms with Crippen LogP contribution in [0.4, 0.5) is 0 Å². The summed E-state index contributed by atoms with van der Waals surface area (Å²) in [6, 6.07) is 0. The summed E-state index contributed by atoms with van der Waals surface area (Å²) in [5.41, 5.74) is -0.0664. The van der Waals surface area contributed by atoms with Crippen LogP contribution in [0.25, 0.3) is 11.2 Å². The normalized spacial score (nSPS) is 28.5. The highest BCUT2D eigenvalue weighted by atomic mass is 31.3. The van der Waals surface area contributed by atoms with Crippen molar-refractivity contribution in [1.82, 2.24) is 19.5 Å². The van der Waals surface area contributed by atoms with Crippen molar-refractivity contribution in [3.05, 3.63) is 12.7 Å². The van der Waals surface area contributed by atoms with E-state index in [9.17, 15) is 39.5 Å². The monoisotopic (exact) mass is 423 g/mol. The zero-order valence-corrected chi connectivity index (χ0v) is 15.0. The maximum Gasteiger partial charge on any atom is 0.363 e. The Bertz CT molecular complexity index is 872. The molecule has 1 fully saturated rings. The second-order valence-corrected chi connectivity index (χ2v) is 9.62. The number of aliphatic hydroxyl groups excluding tert-OH is 2. The number of aromatic nitrogens is 4. The molecular weight excluding hydrogens is 410 g/mol. The third-order valence-electron chi connectivity index (χ3n) is 3.73. The van der Waals surface area contributed by atoms with Gasteiger partial charge in [0.2, 0.25) is 0 Å². The summed E-state index contributed by atoms with van der Waals surface area (Å²) in [5, 5.41) is 31.8. The van der Waals surface area contributed by atoms with Gasteiger partial charge in [0.05, 0.1) is 12.9 Å². The second-order valence-electron chi connectivity index (χ2n) is 5.73. The van der Waals surface area contributed by atoms with Crippen molar-refractivity contribution >= 4 is 26.7 Å². The predicted octanol–water partition coefficient (Wildman–Crippen LogP) is -4.48. The first-order valence-electron chi connectivity index (χ1n) is 7.32. The highest BCUT2D eigenvalue weighted by molar-refractivity contribution is 7.71. The molecule has 0 amide bonds. The topological polar surface area (TPSA) is 232 Å². The van der Waals surface area contributed by atoms with Crippen LogP contribution in [-0.2, 0) is 13.8 Å². The summed E-state index contributed by atoms with van der Waals surface area (Å²) >= 11 is 0. The van der Waals surface area contributed by atoms with Gasteiger partial charge in [-0.05, 0) is 0 Å². The molecule has 150 valence electrons. The zero-order chi connectivity index (χ0) is 20.0. The van der Waals surface area contributed by atoms with Gasteiger partial charge in [-0.1, -0.05) is 0 Å². The van der Waals surface area contributed by atoms with Crippen LogP contribution in [0.1, 0.15) is 6.23 Å². The summed E-state index contributed by atoms with van der Waals surface area (Å²) in [6.45, 7) is -0.781. The predicted molar refractivity (Wildman–Crippen MR) is 78.3 cm³/mol. The van der Waals surface area contributed by atoms with E-state index in [0.29, 0.717) is 0 Å². The molecule has 16 heteroatoms. The van der Waals surface area contributed by atoms with Gasteiger partial charge in [0.15, 0.2) is 11.9 Å². The molecule has 5 atom stereocenters. The summed E-state index contributed by atoms with van der Waals surface area (Å²) in [7, 11) is -10.1. The van der Waals surface area contributed by atoms with Crippen LogP contribution in [0.3, 0.4) is 0 Å². The maximum absolute atomic E-state index is 11.6. The Morgan fingerprint density at radius 3 is 2.63 bits per heavy atom. The van der Waals surface area contributed by atoms with E-state index in [1.165, 1.54) is 0 Å². The first-order valence-corrected chi connectivity index (χ1v) is 10.8. The second kappa shape index (κ2) is 7.26. The summed E-state index contributed by atoms with van der Waals surface area (Å²) in [5.74, 6) is -2.28. The van der Waals surface area contributed by atoms with E-state index in [-0.39, 0.29) is 11.2 Å². The largest absolute Gasteiger partial charge is 0.857 e. The van der Waals surface area contributed by atoms with Crippen LogP contribution in [0.15, 0.2) is 12.7 Å². The molecule has 3 rings (SSSR count). The van der Waals surface area contributed by atoms with E-state index in [0.717, 1.165) is 17.2 Å². The Kier molecular flexibility index (Phi) is 5.49. The number of hydrogen-bond donors (Lipinski definition) is 3. The number of fused-ring (bicyclic) bond motifs is 1. The van der Waals surface area contributed by atoms with Gasteiger partial charge in [-0.3, -0.25) is 14.1 Å². The zero-order valence-electron chi connectivity index (χ0n) is 13.3. The van der Waals surface area contributed by atoms with Gasteiger partial charge in [0, 0.05) is 5.88 Å². The summed E-state index contributed by atoms with van der Waals surface area (Å²) < 4.78 is 22.7. The Balaban J connectivity index is 1.74. The van der Waals surface area contributed by atoms with Crippen LogP contribution in [0.2, 0.25) is 0 Å². The Morgan fingerprint density at radius 2 is 1.96 bits per heavy atom. The van der Waals surface area contributed by atoms with Gasteiger partial charge >= 0.3 is 7.60 Å². The number of nitrogens with zero attached hydrogens (tertiary/aromatic N) is 4. The lowest BCUT2D eigenvalue weighted by Gasteiger charge is -2.42. The van der Waals surface area contributed by atoms with Gasteiger partial charge in [-0.2, -0.15) is 7.94 Å². The lowest BCUT2D eigenvalue weighted by Crippen LogP contribution is -2.36. The molecular formula is C11H13N4O10P2-3. The smallest absolute Gasteiger partial charge is 0.363 e. The van der Waals surface area contributed by atoms with Gasteiger partial charge in [-0.15, -0.1) is 0 Å². The van der Waals surface area contributed by atoms with Crippen molar-refractivity contribution in [3.63, 3.8) is 0 Å². The van der Waals surface area contributed by atoms with E-state index in [1.54, 1.807) is 0 Å². The quantitative estimate of drug-likeness (QED) is 0.372. The van der Waals surface area contributed by atoms with Crippen molar-refractivity contribution in [2.24, 2.45) is 0 Å². The Morgan fingerprint density at radius 1 is 1.26 bits per heavy atom. The van der Waals surface area contributed by atoms with Crippen LogP contribution in [0, 0.1) is 0 Å².